The first kappa shape index (κ1) is 25.0. The van der Waals surface area contributed by atoms with Crippen LogP contribution < -0.4 is 16.0 Å². The summed E-state index contributed by atoms with van der Waals surface area (Å²) in [5, 5.41) is 17.3. The Hall–Kier alpha value is -3.68. The third kappa shape index (κ3) is 6.66. The zero-order valence-corrected chi connectivity index (χ0v) is 19.6. The number of hydrogen-bond donors (Lipinski definition) is 4. The molecule has 2 aromatic carbocycles. The van der Waals surface area contributed by atoms with Crippen LogP contribution in [0.15, 0.2) is 54.6 Å². The van der Waals surface area contributed by atoms with Gasteiger partial charge in [-0.1, -0.05) is 75.4 Å². The average molecular weight is 466 g/mol. The number of carboxylic acids is 1. The lowest BCUT2D eigenvalue weighted by Crippen LogP contribution is -2.63. The molecule has 3 rings (SSSR count). The number of nitrogens with one attached hydrogen (secondary N) is 3. The standard InChI is InChI=1S/C26H31N3O5/c1-26(2,3)18-11-9-17(10-12-18)14-21(25(33)34)27-22(30)15-20-24(32)28-19(23(31)29-20)13-16-7-5-4-6-8-16/h4-12,19-21H,13-15H2,1-3H3,(H,27,30)(H,28,32)(H,29,31)(H,33,34)/t19-,20-,21-/m0/s1. The molecule has 8 nitrogen and oxygen atoms in total. The van der Waals surface area contributed by atoms with Crippen LogP contribution in [0.4, 0.5) is 0 Å². The molecule has 3 atom stereocenters. The molecule has 2 aromatic rings. The van der Waals surface area contributed by atoms with E-state index >= 15 is 0 Å². The van der Waals surface area contributed by atoms with Crippen LogP contribution in [-0.4, -0.2) is 46.9 Å². The highest BCUT2D eigenvalue weighted by atomic mass is 16.4. The zero-order valence-electron chi connectivity index (χ0n) is 19.6. The first-order chi connectivity index (χ1) is 16.0. The molecule has 0 bridgehead atoms. The largest absolute Gasteiger partial charge is 0.480 e. The molecule has 1 fully saturated rings. The highest BCUT2D eigenvalue weighted by Crippen LogP contribution is 2.22. The lowest BCUT2D eigenvalue weighted by Gasteiger charge is -2.29. The Morgan fingerprint density at radius 2 is 1.50 bits per heavy atom. The van der Waals surface area contributed by atoms with E-state index in [-0.39, 0.29) is 24.2 Å². The minimum absolute atomic E-state index is 0.0238. The third-order valence-corrected chi connectivity index (χ3v) is 5.83. The summed E-state index contributed by atoms with van der Waals surface area (Å²) < 4.78 is 0. The van der Waals surface area contributed by atoms with Crippen LogP contribution in [0.2, 0.25) is 0 Å². The van der Waals surface area contributed by atoms with Crippen molar-refractivity contribution in [2.45, 2.75) is 63.6 Å². The predicted octanol–water partition coefficient (Wildman–Crippen LogP) is 1.71. The van der Waals surface area contributed by atoms with Gasteiger partial charge >= 0.3 is 5.97 Å². The number of carbonyl (C=O) groups excluding carboxylic acids is 3. The quantitative estimate of drug-likeness (QED) is 0.472. The van der Waals surface area contributed by atoms with Gasteiger partial charge in [0.15, 0.2) is 0 Å². The van der Waals surface area contributed by atoms with Crippen molar-refractivity contribution in [1.29, 1.82) is 0 Å². The Morgan fingerprint density at radius 1 is 0.912 bits per heavy atom. The molecule has 34 heavy (non-hydrogen) atoms. The Labute approximate surface area is 199 Å². The van der Waals surface area contributed by atoms with Crippen LogP contribution >= 0.6 is 0 Å². The summed E-state index contributed by atoms with van der Waals surface area (Å²) in [4.78, 5) is 49.2. The van der Waals surface area contributed by atoms with Crippen molar-refractivity contribution in [2.24, 2.45) is 0 Å². The van der Waals surface area contributed by atoms with Gasteiger partial charge in [-0.2, -0.15) is 0 Å². The molecular weight excluding hydrogens is 434 g/mol. The SMILES string of the molecule is CC(C)(C)c1ccc(C[C@H](NC(=O)C[C@@H]2NC(=O)[C@H](Cc3ccccc3)NC2=O)C(=O)O)cc1. The van der Waals surface area contributed by atoms with Gasteiger partial charge in [-0.3, -0.25) is 14.4 Å². The van der Waals surface area contributed by atoms with Gasteiger partial charge in [0.05, 0.1) is 6.42 Å². The third-order valence-electron chi connectivity index (χ3n) is 5.83. The van der Waals surface area contributed by atoms with E-state index in [4.69, 9.17) is 0 Å². The Kier molecular flexibility index (Phi) is 7.71. The summed E-state index contributed by atoms with van der Waals surface area (Å²) >= 11 is 0. The molecule has 180 valence electrons. The van der Waals surface area contributed by atoms with Gasteiger partial charge < -0.3 is 21.1 Å². The predicted molar refractivity (Wildman–Crippen MR) is 127 cm³/mol. The van der Waals surface area contributed by atoms with E-state index in [2.05, 4.69) is 36.7 Å². The van der Waals surface area contributed by atoms with Crippen molar-refractivity contribution in [1.82, 2.24) is 16.0 Å². The molecule has 0 saturated carbocycles. The van der Waals surface area contributed by atoms with Crippen LogP contribution in [-0.2, 0) is 37.4 Å². The van der Waals surface area contributed by atoms with Crippen LogP contribution in [0.25, 0.3) is 0 Å². The van der Waals surface area contributed by atoms with Gasteiger partial charge in [-0.15, -0.1) is 0 Å². The van der Waals surface area contributed by atoms with Crippen molar-refractivity contribution in [3.05, 3.63) is 71.3 Å². The molecule has 4 N–H and O–H groups in total. The number of rotatable bonds is 8. The summed E-state index contributed by atoms with van der Waals surface area (Å²) in [6, 6.07) is 14.0. The molecular formula is C26H31N3O5. The first-order valence-corrected chi connectivity index (χ1v) is 11.3. The molecule has 1 aliphatic heterocycles. The van der Waals surface area contributed by atoms with E-state index in [9.17, 15) is 24.3 Å². The fraction of sp³-hybridized carbons (Fsp3) is 0.385. The molecule has 0 unspecified atom stereocenters. The maximum absolute atomic E-state index is 12.5. The van der Waals surface area contributed by atoms with Gasteiger partial charge in [-0.05, 0) is 22.1 Å². The van der Waals surface area contributed by atoms with Crippen LogP contribution in [0, 0.1) is 0 Å². The monoisotopic (exact) mass is 465 g/mol. The number of amides is 3. The number of benzene rings is 2. The van der Waals surface area contributed by atoms with Gasteiger partial charge in [-0.25, -0.2) is 4.79 Å². The van der Waals surface area contributed by atoms with E-state index in [1.165, 1.54) is 0 Å². The number of carboxylic acid groups (broad SMARTS) is 1. The molecule has 0 aliphatic carbocycles. The number of aliphatic carboxylic acids is 1. The van der Waals surface area contributed by atoms with E-state index in [1.54, 1.807) is 0 Å². The second kappa shape index (κ2) is 10.5. The first-order valence-electron chi connectivity index (χ1n) is 11.3. The van der Waals surface area contributed by atoms with E-state index in [0.29, 0.717) is 6.42 Å². The van der Waals surface area contributed by atoms with Gasteiger partial charge in [0.2, 0.25) is 17.7 Å². The van der Waals surface area contributed by atoms with E-state index < -0.39 is 35.9 Å². The fourth-order valence-electron chi connectivity index (χ4n) is 3.83. The summed E-state index contributed by atoms with van der Waals surface area (Å²) in [5.41, 5.74) is 2.77. The van der Waals surface area contributed by atoms with Gasteiger partial charge in [0.1, 0.15) is 18.1 Å². The summed E-state index contributed by atoms with van der Waals surface area (Å²) in [5.74, 6) is -2.65. The fourth-order valence-corrected chi connectivity index (χ4v) is 3.83. The minimum atomic E-state index is -1.17. The summed E-state index contributed by atoms with van der Waals surface area (Å²) in [6.07, 6.45) is 0.0999. The Bertz CT molecular complexity index is 1040. The van der Waals surface area contributed by atoms with Crippen molar-refractivity contribution >= 4 is 23.7 Å². The molecule has 1 saturated heterocycles. The number of hydrogen-bond acceptors (Lipinski definition) is 4. The van der Waals surface area contributed by atoms with Gasteiger partial charge in [0, 0.05) is 12.8 Å². The van der Waals surface area contributed by atoms with Crippen LogP contribution in [0.1, 0.15) is 43.9 Å². The lowest BCUT2D eigenvalue weighted by molar-refractivity contribution is -0.142. The molecule has 1 aliphatic rings. The number of carbonyl (C=O) groups is 4. The van der Waals surface area contributed by atoms with Crippen molar-refractivity contribution in [2.75, 3.05) is 0 Å². The zero-order chi connectivity index (χ0) is 24.9. The highest BCUT2D eigenvalue weighted by Gasteiger charge is 2.35. The average Bonchev–Trinajstić information content (AvgIpc) is 2.77. The minimum Gasteiger partial charge on any atom is -0.480 e. The topological polar surface area (TPSA) is 125 Å². The van der Waals surface area contributed by atoms with Crippen molar-refractivity contribution < 1.29 is 24.3 Å². The number of piperazine rings is 1. The van der Waals surface area contributed by atoms with Crippen LogP contribution in [0.5, 0.6) is 0 Å². The normalized spacial score (nSPS) is 19.0. The molecule has 3 amide bonds. The summed E-state index contributed by atoms with van der Waals surface area (Å²) in [6.45, 7) is 6.27. The van der Waals surface area contributed by atoms with E-state index in [0.717, 1.165) is 16.7 Å². The maximum atomic E-state index is 12.5. The molecule has 0 aromatic heterocycles. The van der Waals surface area contributed by atoms with Gasteiger partial charge in [0.25, 0.3) is 0 Å². The molecule has 1 heterocycles. The second-order valence-electron chi connectivity index (χ2n) is 9.63. The smallest absolute Gasteiger partial charge is 0.326 e. The van der Waals surface area contributed by atoms with E-state index in [1.807, 2.05) is 54.6 Å². The second-order valence-corrected chi connectivity index (χ2v) is 9.63. The molecule has 8 heteroatoms. The van der Waals surface area contributed by atoms with Crippen molar-refractivity contribution in [3.8, 4) is 0 Å². The molecule has 0 spiro atoms. The Morgan fingerprint density at radius 3 is 2.09 bits per heavy atom. The lowest BCUT2D eigenvalue weighted by atomic mass is 9.86. The van der Waals surface area contributed by atoms with Crippen molar-refractivity contribution in [3.63, 3.8) is 0 Å². The maximum Gasteiger partial charge on any atom is 0.326 e. The Balaban J connectivity index is 1.56. The molecule has 0 radical (unpaired) electrons. The van der Waals surface area contributed by atoms with Crippen LogP contribution in [0.3, 0.4) is 0 Å². The highest BCUT2D eigenvalue weighted by molar-refractivity contribution is 5.99. The summed E-state index contributed by atoms with van der Waals surface area (Å²) in [7, 11) is 0.